The molecule has 1 aliphatic rings. The third kappa shape index (κ3) is 3.62. The molecule has 1 aromatic carbocycles. The standard InChI is InChI=1S/C18H24N4O/c1-2-21-17(16-11-6-12-19-14-16)20-22(18(21)23)13-7-10-15-8-4-3-5-9-15/h3-5,7-10,16,19H,2,6,11-14H2,1H3/b10-7+/t16-/m1/s1. The van der Waals surface area contributed by atoms with E-state index in [1.54, 1.807) is 4.68 Å². The summed E-state index contributed by atoms with van der Waals surface area (Å²) in [7, 11) is 0. The summed E-state index contributed by atoms with van der Waals surface area (Å²) in [6.45, 7) is 5.16. The molecule has 2 aromatic rings. The number of hydrogen-bond donors (Lipinski definition) is 1. The Morgan fingerprint density at radius 3 is 2.87 bits per heavy atom. The second-order valence-corrected chi connectivity index (χ2v) is 5.92. The lowest BCUT2D eigenvalue weighted by Crippen LogP contribution is -2.31. The lowest BCUT2D eigenvalue weighted by atomic mass is 9.99. The van der Waals surface area contributed by atoms with Crippen LogP contribution in [0.5, 0.6) is 0 Å². The van der Waals surface area contributed by atoms with Crippen LogP contribution in [0.2, 0.25) is 0 Å². The van der Waals surface area contributed by atoms with Crippen molar-refractivity contribution in [2.75, 3.05) is 13.1 Å². The lowest BCUT2D eigenvalue weighted by molar-refractivity contribution is 0.431. The molecule has 1 saturated heterocycles. The van der Waals surface area contributed by atoms with Gasteiger partial charge in [-0.3, -0.25) is 4.57 Å². The first kappa shape index (κ1) is 15.7. The average Bonchev–Trinajstić information content (AvgIpc) is 2.93. The Kier molecular flexibility index (Phi) is 5.08. The maximum atomic E-state index is 12.5. The topological polar surface area (TPSA) is 51.9 Å². The highest BCUT2D eigenvalue weighted by Crippen LogP contribution is 2.20. The van der Waals surface area contributed by atoms with E-state index in [-0.39, 0.29) is 5.69 Å². The van der Waals surface area contributed by atoms with Crippen molar-refractivity contribution in [1.82, 2.24) is 19.7 Å². The van der Waals surface area contributed by atoms with Gasteiger partial charge in [-0.2, -0.15) is 5.10 Å². The highest BCUT2D eigenvalue weighted by atomic mass is 16.2. The molecule has 1 aliphatic heterocycles. The van der Waals surface area contributed by atoms with Gasteiger partial charge in [0.25, 0.3) is 0 Å². The lowest BCUT2D eigenvalue weighted by Gasteiger charge is -2.21. The molecule has 122 valence electrons. The predicted molar refractivity (Wildman–Crippen MR) is 92.5 cm³/mol. The number of rotatable bonds is 5. The normalized spacial score (nSPS) is 18.6. The molecular weight excluding hydrogens is 288 g/mol. The van der Waals surface area contributed by atoms with Crippen LogP contribution in [0.4, 0.5) is 0 Å². The molecule has 23 heavy (non-hydrogen) atoms. The van der Waals surface area contributed by atoms with Gasteiger partial charge in [0, 0.05) is 19.0 Å². The SMILES string of the molecule is CCn1c([C@@H]2CCCNC2)nn(C/C=C/c2ccccc2)c1=O. The van der Waals surface area contributed by atoms with Crippen LogP contribution in [-0.4, -0.2) is 27.4 Å². The number of allylic oxidation sites excluding steroid dienone is 1. The van der Waals surface area contributed by atoms with Crippen molar-refractivity contribution in [2.45, 2.75) is 38.8 Å². The van der Waals surface area contributed by atoms with Gasteiger partial charge in [0.2, 0.25) is 0 Å². The summed E-state index contributed by atoms with van der Waals surface area (Å²) in [5.41, 5.74) is 1.12. The van der Waals surface area contributed by atoms with Crippen molar-refractivity contribution >= 4 is 6.08 Å². The van der Waals surface area contributed by atoms with E-state index in [4.69, 9.17) is 0 Å². The molecule has 0 saturated carbocycles. The predicted octanol–water partition coefficient (Wildman–Crippen LogP) is 2.25. The summed E-state index contributed by atoms with van der Waals surface area (Å²) in [5.74, 6) is 1.27. The quantitative estimate of drug-likeness (QED) is 0.921. The van der Waals surface area contributed by atoms with Crippen molar-refractivity contribution < 1.29 is 0 Å². The minimum Gasteiger partial charge on any atom is -0.316 e. The second-order valence-electron chi connectivity index (χ2n) is 5.92. The molecule has 0 bridgehead atoms. The number of nitrogens with zero attached hydrogens (tertiary/aromatic N) is 3. The zero-order valence-corrected chi connectivity index (χ0v) is 13.6. The van der Waals surface area contributed by atoms with E-state index in [1.807, 2.05) is 54.0 Å². The highest BCUT2D eigenvalue weighted by molar-refractivity contribution is 5.48. The Hall–Kier alpha value is -2.14. The largest absolute Gasteiger partial charge is 0.346 e. The fraction of sp³-hybridized carbons (Fsp3) is 0.444. The van der Waals surface area contributed by atoms with Gasteiger partial charge in [-0.15, -0.1) is 0 Å². The van der Waals surface area contributed by atoms with E-state index in [9.17, 15) is 4.79 Å². The van der Waals surface area contributed by atoms with Crippen molar-refractivity contribution in [2.24, 2.45) is 0 Å². The minimum atomic E-state index is -0.00853. The van der Waals surface area contributed by atoms with Crippen LogP contribution in [0.3, 0.4) is 0 Å². The Balaban J connectivity index is 1.78. The maximum absolute atomic E-state index is 12.5. The van der Waals surface area contributed by atoms with Crippen molar-refractivity contribution in [3.8, 4) is 0 Å². The zero-order valence-electron chi connectivity index (χ0n) is 13.6. The van der Waals surface area contributed by atoms with Crippen LogP contribution in [0, 0.1) is 0 Å². The van der Waals surface area contributed by atoms with E-state index in [0.717, 1.165) is 37.3 Å². The number of piperidine rings is 1. The van der Waals surface area contributed by atoms with Crippen LogP contribution < -0.4 is 11.0 Å². The molecule has 0 radical (unpaired) electrons. The molecule has 5 nitrogen and oxygen atoms in total. The van der Waals surface area contributed by atoms with E-state index < -0.39 is 0 Å². The first-order valence-electron chi connectivity index (χ1n) is 8.39. The van der Waals surface area contributed by atoms with Crippen LogP contribution >= 0.6 is 0 Å². The van der Waals surface area contributed by atoms with Crippen LogP contribution in [-0.2, 0) is 13.1 Å². The van der Waals surface area contributed by atoms with Crippen molar-refractivity contribution in [1.29, 1.82) is 0 Å². The molecule has 1 aromatic heterocycles. The van der Waals surface area contributed by atoms with Gasteiger partial charge in [0.1, 0.15) is 5.82 Å². The molecule has 0 amide bonds. The summed E-state index contributed by atoms with van der Waals surface area (Å²) in [5, 5.41) is 8.01. The highest BCUT2D eigenvalue weighted by Gasteiger charge is 2.22. The fourth-order valence-electron chi connectivity index (χ4n) is 3.10. The smallest absolute Gasteiger partial charge is 0.316 e. The summed E-state index contributed by atoms with van der Waals surface area (Å²) in [6, 6.07) is 10.1. The van der Waals surface area contributed by atoms with E-state index >= 15 is 0 Å². The summed E-state index contributed by atoms with van der Waals surface area (Å²) in [4.78, 5) is 12.5. The first-order valence-corrected chi connectivity index (χ1v) is 8.39. The monoisotopic (exact) mass is 312 g/mol. The molecular formula is C18H24N4O. The van der Waals surface area contributed by atoms with Gasteiger partial charge in [-0.05, 0) is 31.9 Å². The summed E-state index contributed by atoms with van der Waals surface area (Å²) < 4.78 is 3.39. The van der Waals surface area contributed by atoms with E-state index in [0.29, 0.717) is 19.0 Å². The molecule has 1 N–H and O–H groups in total. The molecule has 0 aliphatic carbocycles. The first-order chi connectivity index (χ1) is 11.3. The van der Waals surface area contributed by atoms with Gasteiger partial charge in [0.05, 0.1) is 6.54 Å². The molecule has 0 spiro atoms. The Labute approximate surface area is 136 Å². The molecule has 0 unspecified atom stereocenters. The number of benzene rings is 1. The number of aromatic nitrogens is 3. The van der Waals surface area contributed by atoms with Gasteiger partial charge in [-0.25, -0.2) is 9.48 Å². The number of nitrogens with one attached hydrogen (secondary N) is 1. The third-order valence-corrected chi connectivity index (χ3v) is 4.32. The van der Waals surface area contributed by atoms with Gasteiger partial charge < -0.3 is 5.32 Å². The Bertz CT molecular complexity index is 708. The average molecular weight is 312 g/mol. The molecule has 3 rings (SSSR count). The molecule has 1 atom stereocenters. The summed E-state index contributed by atoms with van der Waals surface area (Å²) >= 11 is 0. The molecule has 5 heteroatoms. The van der Waals surface area contributed by atoms with E-state index in [2.05, 4.69) is 10.4 Å². The maximum Gasteiger partial charge on any atom is 0.346 e. The molecule has 1 fully saturated rings. The van der Waals surface area contributed by atoms with Crippen molar-refractivity contribution in [3.05, 3.63) is 58.3 Å². The van der Waals surface area contributed by atoms with Gasteiger partial charge in [0.15, 0.2) is 0 Å². The minimum absolute atomic E-state index is 0.00853. The summed E-state index contributed by atoms with van der Waals surface area (Å²) in [6.07, 6.45) is 6.26. The Morgan fingerprint density at radius 1 is 1.35 bits per heavy atom. The van der Waals surface area contributed by atoms with Crippen molar-refractivity contribution in [3.63, 3.8) is 0 Å². The third-order valence-electron chi connectivity index (χ3n) is 4.32. The van der Waals surface area contributed by atoms with Crippen LogP contribution in [0.25, 0.3) is 6.08 Å². The van der Waals surface area contributed by atoms with Crippen LogP contribution in [0.1, 0.15) is 37.1 Å². The number of hydrogen-bond acceptors (Lipinski definition) is 3. The Morgan fingerprint density at radius 2 is 2.17 bits per heavy atom. The van der Waals surface area contributed by atoms with Gasteiger partial charge >= 0.3 is 5.69 Å². The van der Waals surface area contributed by atoms with Crippen LogP contribution in [0.15, 0.2) is 41.2 Å². The fourth-order valence-corrected chi connectivity index (χ4v) is 3.10. The van der Waals surface area contributed by atoms with Gasteiger partial charge in [-0.1, -0.05) is 42.5 Å². The zero-order chi connectivity index (χ0) is 16.1. The second kappa shape index (κ2) is 7.42. The molecule has 2 heterocycles. The van der Waals surface area contributed by atoms with E-state index in [1.165, 1.54) is 0 Å².